The van der Waals surface area contributed by atoms with Gasteiger partial charge in [0.15, 0.2) is 0 Å². The molecule has 2 fully saturated rings. The first-order valence-electron chi connectivity index (χ1n) is 7.81. The molecule has 2 atom stereocenters. The summed E-state index contributed by atoms with van der Waals surface area (Å²) in [5.41, 5.74) is 0. The molecule has 0 aliphatic carbocycles. The number of amides is 1. The molecule has 1 amide bonds. The predicted molar refractivity (Wildman–Crippen MR) is 82.4 cm³/mol. The van der Waals surface area contributed by atoms with E-state index in [1.807, 2.05) is 4.90 Å². The number of hydrogen-bond donors (Lipinski definition) is 1. The SMILES string of the molecule is CC(CC(=O)N1CCN(S(C)(=O)=O)CC1)C1CCCNC1. The molecule has 6 nitrogen and oxygen atoms in total. The molecule has 21 heavy (non-hydrogen) atoms. The molecule has 0 aromatic rings. The molecule has 0 spiro atoms. The van der Waals surface area contributed by atoms with Crippen molar-refractivity contribution in [3.63, 3.8) is 0 Å². The Bertz CT molecular complexity index is 452. The van der Waals surface area contributed by atoms with Crippen LogP contribution in [0.3, 0.4) is 0 Å². The lowest BCUT2D eigenvalue weighted by atomic mass is 9.85. The van der Waals surface area contributed by atoms with Crippen molar-refractivity contribution in [1.82, 2.24) is 14.5 Å². The summed E-state index contributed by atoms with van der Waals surface area (Å²) in [4.78, 5) is 14.2. The monoisotopic (exact) mass is 317 g/mol. The molecule has 2 aliphatic rings. The molecule has 0 saturated carbocycles. The summed E-state index contributed by atoms with van der Waals surface area (Å²) in [6.45, 7) is 6.13. The first-order chi connectivity index (χ1) is 9.88. The van der Waals surface area contributed by atoms with E-state index in [0.717, 1.165) is 13.1 Å². The van der Waals surface area contributed by atoms with Gasteiger partial charge in [-0.1, -0.05) is 6.92 Å². The number of sulfonamides is 1. The maximum atomic E-state index is 12.3. The summed E-state index contributed by atoms with van der Waals surface area (Å²) >= 11 is 0. The van der Waals surface area contributed by atoms with Crippen molar-refractivity contribution >= 4 is 15.9 Å². The zero-order chi connectivity index (χ0) is 15.5. The molecule has 2 aliphatic heterocycles. The fourth-order valence-electron chi connectivity index (χ4n) is 3.20. The van der Waals surface area contributed by atoms with Crippen LogP contribution in [-0.2, 0) is 14.8 Å². The van der Waals surface area contributed by atoms with E-state index >= 15 is 0 Å². The zero-order valence-electron chi connectivity index (χ0n) is 13.0. The molecule has 1 N–H and O–H groups in total. The molecule has 2 unspecified atom stereocenters. The lowest BCUT2D eigenvalue weighted by Gasteiger charge is -2.35. The highest BCUT2D eigenvalue weighted by Gasteiger charge is 2.28. The van der Waals surface area contributed by atoms with E-state index < -0.39 is 10.0 Å². The third-order valence-corrected chi connectivity index (χ3v) is 6.00. The summed E-state index contributed by atoms with van der Waals surface area (Å²) in [6, 6.07) is 0. The molecule has 2 heterocycles. The molecule has 0 aromatic heterocycles. The fraction of sp³-hybridized carbons (Fsp3) is 0.929. The molecule has 122 valence electrons. The van der Waals surface area contributed by atoms with Crippen LogP contribution in [0.15, 0.2) is 0 Å². The topological polar surface area (TPSA) is 69.7 Å². The summed E-state index contributed by atoms with van der Waals surface area (Å²) in [5, 5.41) is 3.39. The molecule has 7 heteroatoms. The van der Waals surface area contributed by atoms with Crippen LogP contribution >= 0.6 is 0 Å². The van der Waals surface area contributed by atoms with Gasteiger partial charge in [0.05, 0.1) is 6.26 Å². The summed E-state index contributed by atoms with van der Waals surface area (Å²) in [5.74, 6) is 1.14. The molecule has 0 aromatic carbocycles. The normalized spacial score (nSPS) is 26.6. The number of piperazine rings is 1. The molecular weight excluding hydrogens is 290 g/mol. The molecule has 2 rings (SSSR count). The fourth-order valence-corrected chi connectivity index (χ4v) is 4.03. The second-order valence-electron chi connectivity index (χ2n) is 6.33. The van der Waals surface area contributed by atoms with Crippen molar-refractivity contribution in [3.05, 3.63) is 0 Å². The molecule has 2 saturated heterocycles. The van der Waals surface area contributed by atoms with Crippen molar-refractivity contribution in [2.45, 2.75) is 26.2 Å². The Morgan fingerprint density at radius 1 is 1.29 bits per heavy atom. The van der Waals surface area contributed by atoms with Gasteiger partial charge in [-0.25, -0.2) is 8.42 Å². The molecular formula is C14H27N3O3S. The van der Waals surface area contributed by atoms with Crippen molar-refractivity contribution in [2.24, 2.45) is 11.8 Å². The Kier molecular flexibility index (Phi) is 5.62. The predicted octanol–water partition coefficient (Wildman–Crippen LogP) is 0.116. The third kappa shape index (κ3) is 4.66. The standard InChI is InChI=1S/C14H27N3O3S/c1-12(13-4-3-5-15-11-13)10-14(18)16-6-8-17(9-7-16)21(2,19)20/h12-13,15H,3-11H2,1-2H3. The number of rotatable bonds is 4. The number of piperidine rings is 1. The highest BCUT2D eigenvalue weighted by molar-refractivity contribution is 7.88. The van der Waals surface area contributed by atoms with E-state index in [1.165, 1.54) is 23.4 Å². The van der Waals surface area contributed by atoms with Crippen LogP contribution in [0.4, 0.5) is 0 Å². The first-order valence-corrected chi connectivity index (χ1v) is 9.66. The largest absolute Gasteiger partial charge is 0.340 e. The minimum atomic E-state index is -3.13. The Balaban J connectivity index is 1.79. The summed E-state index contributed by atoms with van der Waals surface area (Å²) in [7, 11) is -3.13. The van der Waals surface area contributed by atoms with Gasteiger partial charge >= 0.3 is 0 Å². The number of carbonyl (C=O) groups excluding carboxylic acids is 1. The second-order valence-corrected chi connectivity index (χ2v) is 8.31. The van der Waals surface area contributed by atoms with E-state index in [4.69, 9.17) is 0 Å². The van der Waals surface area contributed by atoms with Gasteiger partial charge in [-0.3, -0.25) is 4.79 Å². The van der Waals surface area contributed by atoms with Crippen LogP contribution in [0.1, 0.15) is 26.2 Å². The number of nitrogens with zero attached hydrogens (tertiary/aromatic N) is 2. The maximum absolute atomic E-state index is 12.3. The number of nitrogens with one attached hydrogen (secondary N) is 1. The number of hydrogen-bond acceptors (Lipinski definition) is 4. The van der Waals surface area contributed by atoms with E-state index in [0.29, 0.717) is 44.4 Å². The van der Waals surface area contributed by atoms with Crippen LogP contribution in [0.5, 0.6) is 0 Å². The maximum Gasteiger partial charge on any atom is 0.222 e. The van der Waals surface area contributed by atoms with Crippen molar-refractivity contribution in [1.29, 1.82) is 0 Å². The highest BCUT2D eigenvalue weighted by Crippen LogP contribution is 2.23. The average Bonchev–Trinajstić information content (AvgIpc) is 2.47. The van der Waals surface area contributed by atoms with Crippen molar-refractivity contribution in [3.8, 4) is 0 Å². The van der Waals surface area contributed by atoms with Gasteiger partial charge in [-0.15, -0.1) is 0 Å². The quantitative estimate of drug-likeness (QED) is 0.799. The van der Waals surface area contributed by atoms with E-state index in [2.05, 4.69) is 12.2 Å². The highest BCUT2D eigenvalue weighted by atomic mass is 32.2. The van der Waals surface area contributed by atoms with Crippen LogP contribution in [-0.4, -0.2) is 69.1 Å². The van der Waals surface area contributed by atoms with E-state index in [1.54, 1.807) is 0 Å². The number of carbonyl (C=O) groups is 1. The average molecular weight is 317 g/mol. The third-order valence-electron chi connectivity index (χ3n) is 4.70. The van der Waals surface area contributed by atoms with Gasteiger partial charge in [0.1, 0.15) is 0 Å². The van der Waals surface area contributed by atoms with Gasteiger partial charge in [-0.05, 0) is 37.8 Å². The van der Waals surface area contributed by atoms with Gasteiger partial charge in [-0.2, -0.15) is 4.31 Å². The lowest BCUT2D eigenvalue weighted by molar-refractivity contribution is -0.133. The zero-order valence-corrected chi connectivity index (χ0v) is 13.9. The minimum Gasteiger partial charge on any atom is -0.340 e. The lowest BCUT2D eigenvalue weighted by Crippen LogP contribution is -2.50. The van der Waals surface area contributed by atoms with Crippen molar-refractivity contribution in [2.75, 3.05) is 45.5 Å². The van der Waals surface area contributed by atoms with Crippen LogP contribution in [0.2, 0.25) is 0 Å². The molecule has 0 radical (unpaired) electrons. The van der Waals surface area contributed by atoms with Gasteiger partial charge in [0.25, 0.3) is 0 Å². The van der Waals surface area contributed by atoms with Gasteiger partial charge < -0.3 is 10.2 Å². The van der Waals surface area contributed by atoms with E-state index in [-0.39, 0.29) is 5.91 Å². The van der Waals surface area contributed by atoms with Crippen LogP contribution < -0.4 is 5.32 Å². The van der Waals surface area contributed by atoms with Gasteiger partial charge in [0.2, 0.25) is 15.9 Å². The first kappa shape index (κ1) is 16.7. The Morgan fingerprint density at radius 3 is 2.48 bits per heavy atom. The smallest absolute Gasteiger partial charge is 0.222 e. The Hall–Kier alpha value is -0.660. The Morgan fingerprint density at radius 2 is 1.95 bits per heavy atom. The van der Waals surface area contributed by atoms with Crippen LogP contribution in [0, 0.1) is 11.8 Å². The second kappa shape index (κ2) is 7.07. The minimum absolute atomic E-state index is 0.168. The Labute approximate surface area is 127 Å². The van der Waals surface area contributed by atoms with Crippen molar-refractivity contribution < 1.29 is 13.2 Å². The van der Waals surface area contributed by atoms with Crippen LogP contribution in [0.25, 0.3) is 0 Å². The summed E-state index contributed by atoms with van der Waals surface area (Å²) < 4.78 is 24.4. The van der Waals surface area contributed by atoms with E-state index in [9.17, 15) is 13.2 Å². The van der Waals surface area contributed by atoms with Gasteiger partial charge in [0, 0.05) is 32.6 Å². The molecule has 0 bridgehead atoms. The summed E-state index contributed by atoms with van der Waals surface area (Å²) in [6.07, 6.45) is 4.19.